The Morgan fingerprint density at radius 3 is 2.84 bits per heavy atom. The summed E-state index contributed by atoms with van der Waals surface area (Å²) < 4.78 is 15.3. The maximum Gasteiger partial charge on any atom is 0.223 e. The lowest BCUT2D eigenvalue weighted by Gasteiger charge is -2.21. The van der Waals surface area contributed by atoms with E-state index < -0.39 is 0 Å². The van der Waals surface area contributed by atoms with Crippen LogP contribution in [-0.4, -0.2) is 43.1 Å². The molecular formula is C25H26FN5O. The van der Waals surface area contributed by atoms with Crippen LogP contribution in [0.2, 0.25) is 0 Å². The van der Waals surface area contributed by atoms with Crippen LogP contribution in [0.5, 0.6) is 0 Å². The van der Waals surface area contributed by atoms with Crippen molar-refractivity contribution in [1.29, 1.82) is 0 Å². The topological polar surface area (TPSA) is 66.8 Å². The molecule has 0 unspecified atom stereocenters. The molecule has 4 heterocycles. The van der Waals surface area contributed by atoms with Crippen molar-refractivity contribution >= 4 is 16.8 Å². The summed E-state index contributed by atoms with van der Waals surface area (Å²) in [5.41, 5.74) is 3.96. The molecule has 0 spiro atoms. The third-order valence-corrected chi connectivity index (χ3v) is 6.43. The fourth-order valence-electron chi connectivity index (χ4n) is 4.74. The Morgan fingerprint density at radius 2 is 2.06 bits per heavy atom. The van der Waals surface area contributed by atoms with Crippen LogP contribution in [0, 0.1) is 11.7 Å². The molecule has 164 valence electrons. The van der Waals surface area contributed by atoms with Crippen LogP contribution >= 0.6 is 0 Å². The zero-order valence-electron chi connectivity index (χ0n) is 18.0. The van der Waals surface area contributed by atoms with Crippen molar-refractivity contribution < 1.29 is 9.18 Å². The van der Waals surface area contributed by atoms with E-state index in [2.05, 4.69) is 45.0 Å². The van der Waals surface area contributed by atoms with Crippen LogP contribution in [0.3, 0.4) is 0 Å². The monoisotopic (exact) mass is 431 g/mol. The number of hydrogen-bond donors (Lipinski definition) is 1. The lowest BCUT2D eigenvalue weighted by atomic mass is 10.1. The molecule has 1 aliphatic rings. The molecule has 1 saturated heterocycles. The van der Waals surface area contributed by atoms with E-state index in [1.54, 1.807) is 18.3 Å². The number of aromatic amines is 1. The highest BCUT2D eigenvalue weighted by atomic mass is 19.1. The largest absolute Gasteiger partial charge is 0.346 e. The van der Waals surface area contributed by atoms with Gasteiger partial charge in [0, 0.05) is 48.9 Å². The number of aryl methyl sites for hydroxylation is 1. The van der Waals surface area contributed by atoms with Gasteiger partial charge in [-0.1, -0.05) is 12.1 Å². The predicted molar refractivity (Wildman–Crippen MR) is 121 cm³/mol. The summed E-state index contributed by atoms with van der Waals surface area (Å²) in [6, 6.07) is 10.8. The Morgan fingerprint density at radius 1 is 1.22 bits per heavy atom. The van der Waals surface area contributed by atoms with Crippen LogP contribution in [0.15, 0.2) is 61.2 Å². The molecule has 1 amide bonds. The van der Waals surface area contributed by atoms with Gasteiger partial charge in [-0.3, -0.25) is 14.9 Å². The molecule has 5 rings (SSSR count). The number of carbonyl (C=O) groups excluding carboxylic acids is 1. The number of likely N-dealkylation sites (tertiary alicyclic amines) is 1. The summed E-state index contributed by atoms with van der Waals surface area (Å²) in [6.45, 7) is 3.76. The number of fused-ring (bicyclic) bond motifs is 1. The van der Waals surface area contributed by atoms with Crippen LogP contribution in [-0.2, 0) is 17.8 Å². The lowest BCUT2D eigenvalue weighted by molar-refractivity contribution is -0.131. The van der Waals surface area contributed by atoms with Crippen LogP contribution in [0.25, 0.3) is 22.2 Å². The number of aromatic nitrogens is 4. The minimum absolute atomic E-state index is 0.174. The number of H-pyrrole nitrogens is 1. The summed E-state index contributed by atoms with van der Waals surface area (Å²) in [5, 5.41) is 7.97. The lowest BCUT2D eigenvalue weighted by Crippen LogP contribution is -2.34. The molecule has 0 saturated carbocycles. The summed E-state index contributed by atoms with van der Waals surface area (Å²) >= 11 is 0. The molecule has 1 aliphatic heterocycles. The van der Waals surface area contributed by atoms with Gasteiger partial charge < -0.3 is 9.47 Å². The number of hydrogen-bond acceptors (Lipinski definition) is 3. The molecule has 4 aromatic rings. The van der Waals surface area contributed by atoms with Gasteiger partial charge in [0.1, 0.15) is 5.82 Å². The smallest absolute Gasteiger partial charge is 0.223 e. The Balaban J connectivity index is 1.22. The molecule has 0 aliphatic carbocycles. The minimum Gasteiger partial charge on any atom is -0.346 e. The Hall–Kier alpha value is -3.48. The van der Waals surface area contributed by atoms with Crippen LogP contribution < -0.4 is 0 Å². The molecule has 6 nitrogen and oxygen atoms in total. The van der Waals surface area contributed by atoms with Crippen molar-refractivity contribution in [1.82, 2.24) is 24.6 Å². The van der Waals surface area contributed by atoms with E-state index in [4.69, 9.17) is 0 Å². The first-order chi connectivity index (χ1) is 15.6. The molecule has 3 aromatic heterocycles. The highest BCUT2D eigenvalue weighted by molar-refractivity contribution is 5.83. The van der Waals surface area contributed by atoms with E-state index in [9.17, 15) is 9.18 Å². The van der Waals surface area contributed by atoms with Crippen molar-refractivity contribution in [2.24, 2.45) is 5.92 Å². The first kappa shape index (κ1) is 20.4. The summed E-state index contributed by atoms with van der Waals surface area (Å²) in [6.07, 6.45) is 9.72. The molecule has 1 fully saturated rings. The Bertz CT molecular complexity index is 1220. The third-order valence-electron chi connectivity index (χ3n) is 6.43. The van der Waals surface area contributed by atoms with Gasteiger partial charge in [-0.25, -0.2) is 4.39 Å². The van der Waals surface area contributed by atoms with Crippen LogP contribution in [0.4, 0.5) is 4.39 Å². The Kier molecular flexibility index (Phi) is 5.47. The average molecular weight is 432 g/mol. The molecule has 2 atom stereocenters. The summed E-state index contributed by atoms with van der Waals surface area (Å²) in [7, 11) is 0. The number of nitrogens with one attached hydrogen (secondary N) is 1. The van der Waals surface area contributed by atoms with E-state index in [0.717, 1.165) is 47.2 Å². The fourth-order valence-corrected chi connectivity index (χ4v) is 4.74. The number of benzene rings is 1. The van der Waals surface area contributed by atoms with E-state index in [1.807, 2.05) is 17.3 Å². The third kappa shape index (κ3) is 4.15. The highest BCUT2D eigenvalue weighted by Crippen LogP contribution is 2.28. The van der Waals surface area contributed by atoms with Crippen LogP contribution in [0.1, 0.15) is 25.3 Å². The molecule has 7 heteroatoms. The van der Waals surface area contributed by atoms with Crippen molar-refractivity contribution in [3.8, 4) is 11.3 Å². The Labute approximate surface area is 186 Å². The van der Waals surface area contributed by atoms with Gasteiger partial charge in [-0.15, -0.1) is 0 Å². The SMILES string of the molecule is C[C@@H]1C[C@@H](Cn2ccc3cc(-c4cn[nH]c4)ncc32)CN1C(=O)CCc1ccc(F)cc1. The standard InChI is InChI=1S/C25H26FN5O/c1-17-10-19(16-31(17)25(32)7-4-18-2-5-22(26)6-3-18)15-30-9-8-20-11-23(27-14-24(20)30)21-12-28-29-13-21/h2-3,5-6,8-9,11-14,17,19H,4,7,10,15-16H2,1H3,(H,28,29)/t17-,19+/m1/s1. The zero-order chi connectivity index (χ0) is 22.1. The number of rotatable bonds is 6. The second-order valence-corrected chi connectivity index (χ2v) is 8.71. The van der Waals surface area contributed by atoms with Crippen molar-refractivity contribution in [2.45, 2.75) is 38.8 Å². The van der Waals surface area contributed by atoms with Gasteiger partial charge in [0.25, 0.3) is 0 Å². The summed E-state index contributed by atoms with van der Waals surface area (Å²) in [4.78, 5) is 19.4. The number of pyridine rings is 1. The van der Waals surface area contributed by atoms with Crippen molar-refractivity contribution in [3.63, 3.8) is 0 Å². The maximum absolute atomic E-state index is 13.1. The van der Waals surface area contributed by atoms with Gasteiger partial charge in [0.05, 0.1) is 23.6 Å². The summed E-state index contributed by atoms with van der Waals surface area (Å²) in [5.74, 6) is 0.332. The van der Waals surface area contributed by atoms with E-state index in [1.165, 1.54) is 12.1 Å². The molecular weight excluding hydrogens is 405 g/mol. The predicted octanol–water partition coefficient (Wildman–Crippen LogP) is 4.44. The quantitative estimate of drug-likeness (QED) is 0.491. The normalized spacial score (nSPS) is 18.5. The number of nitrogens with zero attached hydrogens (tertiary/aromatic N) is 4. The van der Waals surface area contributed by atoms with Crippen molar-refractivity contribution in [2.75, 3.05) is 6.54 Å². The highest BCUT2D eigenvalue weighted by Gasteiger charge is 2.32. The van der Waals surface area contributed by atoms with E-state index in [0.29, 0.717) is 18.8 Å². The second kappa shape index (κ2) is 8.57. The average Bonchev–Trinajstić information content (AvgIpc) is 3.54. The maximum atomic E-state index is 13.1. The number of amides is 1. The molecule has 1 N–H and O–H groups in total. The van der Waals surface area contributed by atoms with Gasteiger partial charge in [-0.05, 0) is 55.5 Å². The zero-order valence-corrected chi connectivity index (χ0v) is 18.0. The molecule has 0 bridgehead atoms. The molecule has 32 heavy (non-hydrogen) atoms. The fraction of sp³-hybridized carbons (Fsp3) is 0.320. The first-order valence-electron chi connectivity index (χ1n) is 11.0. The molecule has 0 radical (unpaired) electrons. The van der Waals surface area contributed by atoms with E-state index in [-0.39, 0.29) is 17.8 Å². The first-order valence-corrected chi connectivity index (χ1v) is 11.0. The van der Waals surface area contributed by atoms with Gasteiger partial charge in [0.15, 0.2) is 0 Å². The van der Waals surface area contributed by atoms with Gasteiger partial charge in [0.2, 0.25) is 5.91 Å². The molecule has 1 aromatic carbocycles. The number of halogens is 1. The van der Waals surface area contributed by atoms with Gasteiger partial charge in [-0.2, -0.15) is 5.10 Å². The van der Waals surface area contributed by atoms with E-state index >= 15 is 0 Å². The van der Waals surface area contributed by atoms with Crippen molar-refractivity contribution in [3.05, 3.63) is 72.6 Å². The second-order valence-electron chi connectivity index (χ2n) is 8.71. The minimum atomic E-state index is -0.249. The van der Waals surface area contributed by atoms with Gasteiger partial charge >= 0.3 is 0 Å². The number of carbonyl (C=O) groups is 1.